The molecule has 21 heavy (non-hydrogen) atoms. The first-order valence-corrected chi connectivity index (χ1v) is 8.13. The highest BCUT2D eigenvalue weighted by molar-refractivity contribution is 5.49. The topological polar surface area (TPSA) is 60.4 Å². The van der Waals surface area contributed by atoms with Crippen LogP contribution in [0.3, 0.4) is 0 Å². The molecule has 0 radical (unpaired) electrons. The van der Waals surface area contributed by atoms with Crippen LogP contribution in [0, 0.1) is 0 Å². The molecule has 1 aliphatic heterocycles. The summed E-state index contributed by atoms with van der Waals surface area (Å²) in [6.45, 7) is 4.70. The molecule has 3 rings (SSSR count). The molecule has 0 spiro atoms. The van der Waals surface area contributed by atoms with E-state index in [0.717, 1.165) is 63.4 Å². The first-order chi connectivity index (χ1) is 10.3. The Bertz CT molecular complexity index is 436. The molecule has 0 atom stereocenters. The fraction of sp³-hybridized carbons (Fsp3) is 0.688. The molecule has 1 aromatic rings. The van der Waals surface area contributed by atoms with Crippen LogP contribution in [0.4, 0.5) is 11.5 Å². The Morgan fingerprint density at radius 2 is 1.95 bits per heavy atom. The van der Waals surface area contributed by atoms with Gasteiger partial charge in [-0.15, -0.1) is 0 Å². The van der Waals surface area contributed by atoms with Gasteiger partial charge in [0, 0.05) is 32.7 Å². The van der Waals surface area contributed by atoms with Crippen molar-refractivity contribution in [3.8, 4) is 0 Å². The average molecular weight is 290 g/mol. The molecular weight excluding hydrogens is 264 g/mol. The Morgan fingerprint density at radius 1 is 1.19 bits per heavy atom. The highest BCUT2D eigenvalue weighted by Crippen LogP contribution is 2.28. The molecular formula is C16H26N4O. The van der Waals surface area contributed by atoms with Crippen molar-refractivity contribution in [2.75, 3.05) is 42.9 Å². The van der Waals surface area contributed by atoms with Crippen molar-refractivity contribution in [2.24, 2.45) is 0 Å². The van der Waals surface area contributed by atoms with E-state index in [1.54, 1.807) is 0 Å². The maximum Gasteiger partial charge on any atom is 0.128 e. The van der Waals surface area contributed by atoms with Crippen LogP contribution in [0.25, 0.3) is 0 Å². The van der Waals surface area contributed by atoms with Crippen molar-refractivity contribution in [3.63, 3.8) is 0 Å². The third kappa shape index (κ3) is 3.86. The number of anilines is 2. The van der Waals surface area contributed by atoms with Crippen LogP contribution < -0.4 is 15.5 Å². The van der Waals surface area contributed by atoms with E-state index < -0.39 is 5.60 Å². The van der Waals surface area contributed by atoms with Gasteiger partial charge in [0.1, 0.15) is 5.82 Å². The van der Waals surface area contributed by atoms with E-state index in [4.69, 9.17) is 0 Å². The van der Waals surface area contributed by atoms with Crippen LogP contribution in [0.5, 0.6) is 0 Å². The number of hydrogen-bond acceptors (Lipinski definition) is 5. The standard InChI is InChI=1S/C16H26N4O/c21-16(6-2-1-3-7-16)13-19-14-4-5-15(18-12-14)20-10-8-17-9-11-20/h4-5,12,17,19,21H,1-3,6-11,13H2. The number of piperazine rings is 1. The summed E-state index contributed by atoms with van der Waals surface area (Å²) < 4.78 is 0. The zero-order chi connectivity index (χ0) is 14.5. The molecule has 3 N–H and O–H groups in total. The normalized spacial score (nSPS) is 22.0. The molecule has 5 nitrogen and oxygen atoms in total. The summed E-state index contributed by atoms with van der Waals surface area (Å²) in [7, 11) is 0. The monoisotopic (exact) mass is 290 g/mol. The van der Waals surface area contributed by atoms with Crippen molar-refractivity contribution in [1.82, 2.24) is 10.3 Å². The Hall–Kier alpha value is -1.33. The number of nitrogens with zero attached hydrogens (tertiary/aromatic N) is 2. The van der Waals surface area contributed by atoms with Crippen LogP contribution in [-0.2, 0) is 0 Å². The van der Waals surface area contributed by atoms with Crippen molar-refractivity contribution in [3.05, 3.63) is 18.3 Å². The van der Waals surface area contributed by atoms with Crippen molar-refractivity contribution >= 4 is 11.5 Å². The molecule has 1 aromatic heterocycles. The second-order valence-electron chi connectivity index (χ2n) is 6.28. The summed E-state index contributed by atoms with van der Waals surface area (Å²) >= 11 is 0. The maximum absolute atomic E-state index is 10.5. The summed E-state index contributed by atoms with van der Waals surface area (Å²) in [5.74, 6) is 1.04. The van der Waals surface area contributed by atoms with Crippen LogP contribution in [0.1, 0.15) is 32.1 Å². The SMILES string of the molecule is OC1(CNc2ccc(N3CCNCC3)nc2)CCCCC1. The lowest BCUT2D eigenvalue weighted by molar-refractivity contribution is 0.0167. The van der Waals surface area contributed by atoms with Crippen LogP contribution in [0.15, 0.2) is 18.3 Å². The molecule has 2 heterocycles. The van der Waals surface area contributed by atoms with Gasteiger partial charge in [0.05, 0.1) is 17.5 Å². The average Bonchev–Trinajstić information content (AvgIpc) is 2.55. The second kappa shape index (κ2) is 6.62. The van der Waals surface area contributed by atoms with Crippen LogP contribution in [0.2, 0.25) is 0 Å². The second-order valence-corrected chi connectivity index (χ2v) is 6.28. The van der Waals surface area contributed by atoms with Gasteiger partial charge in [-0.05, 0) is 25.0 Å². The summed E-state index contributed by atoms with van der Waals surface area (Å²) in [6.07, 6.45) is 7.22. The Labute approximate surface area is 126 Å². The van der Waals surface area contributed by atoms with E-state index in [0.29, 0.717) is 6.54 Å². The van der Waals surface area contributed by atoms with Gasteiger partial charge in [-0.3, -0.25) is 0 Å². The molecule has 5 heteroatoms. The molecule has 1 aliphatic carbocycles. The Morgan fingerprint density at radius 3 is 2.62 bits per heavy atom. The summed E-state index contributed by atoms with van der Waals surface area (Å²) in [5.41, 5.74) is 0.461. The van der Waals surface area contributed by atoms with Gasteiger partial charge in [0.15, 0.2) is 0 Å². The van der Waals surface area contributed by atoms with E-state index in [1.807, 2.05) is 6.20 Å². The van der Waals surface area contributed by atoms with Gasteiger partial charge in [-0.25, -0.2) is 4.98 Å². The van der Waals surface area contributed by atoms with Gasteiger partial charge < -0.3 is 20.6 Å². The third-order valence-electron chi connectivity index (χ3n) is 4.59. The van der Waals surface area contributed by atoms with Crippen LogP contribution in [-0.4, -0.2) is 48.4 Å². The zero-order valence-electron chi connectivity index (χ0n) is 12.6. The number of aromatic nitrogens is 1. The molecule has 116 valence electrons. The minimum absolute atomic E-state index is 0.532. The van der Waals surface area contributed by atoms with Gasteiger partial charge in [-0.2, -0.15) is 0 Å². The summed E-state index contributed by atoms with van der Waals surface area (Å²) in [5, 5.41) is 17.2. The lowest BCUT2D eigenvalue weighted by atomic mass is 9.85. The van der Waals surface area contributed by atoms with Crippen molar-refractivity contribution in [2.45, 2.75) is 37.7 Å². The van der Waals surface area contributed by atoms with E-state index in [2.05, 4.69) is 32.7 Å². The summed E-state index contributed by atoms with van der Waals surface area (Å²) in [4.78, 5) is 6.84. The molecule has 0 unspecified atom stereocenters. The molecule has 2 aliphatic rings. The minimum Gasteiger partial charge on any atom is -0.388 e. The highest BCUT2D eigenvalue weighted by Gasteiger charge is 2.28. The number of rotatable bonds is 4. The predicted molar refractivity (Wildman–Crippen MR) is 85.8 cm³/mol. The number of nitrogens with one attached hydrogen (secondary N) is 2. The van der Waals surface area contributed by atoms with E-state index >= 15 is 0 Å². The number of aliphatic hydroxyl groups is 1. The van der Waals surface area contributed by atoms with E-state index in [1.165, 1.54) is 6.42 Å². The quantitative estimate of drug-likeness (QED) is 0.786. The Balaban J connectivity index is 1.54. The summed E-state index contributed by atoms with van der Waals surface area (Å²) in [6, 6.07) is 4.13. The van der Waals surface area contributed by atoms with Gasteiger partial charge >= 0.3 is 0 Å². The molecule has 0 bridgehead atoms. The van der Waals surface area contributed by atoms with E-state index in [-0.39, 0.29) is 0 Å². The minimum atomic E-state index is -0.532. The molecule has 1 saturated carbocycles. The first kappa shape index (κ1) is 14.6. The largest absolute Gasteiger partial charge is 0.388 e. The number of pyridine rings is 1. The molecule has 0 amide bonds. The number of hydrogen-bond donors (Lipinski definition) is 3. The lowest BCUT2D eigenvalue weighted by Crippen LogP contribution is -2.43. The lowest BCUT2D eigenvalue weighted by Gasteiger charge is -2.32. The fourth-order valence-corrected chi connectivity index (χ4v) is 3.22. The van der Waals surface area contributed by atoms with Gasteiger partial charge in [0.2, 0.25) is 0 Å². The highest BCUT2D eigenvalue weighted by atomic mass is 16.3. The maximum atomic E-state index is 10.5. The molecule has 2 fully saturated rings. The van der Waals surface area contributed by atoms with Gasteiger partial charge in [0.25, 0.3) is 0 Å². The molecule has 0 aromatic carbocycles. The van der Waals surface area contributed by atoms with Gasteiger partial charge in [-0.1, -0.05) is 19.3 Å². The first-order valence-electron chi connectivity index (χ1n) is 8.13. The molecule has 1 saturated heterocycles. The van der Waals surface area contributed by atoms with E-state index in [9.17, 15) is 5.11 Å². The fourth-order valence-electron chi connectivity index (χ4n) is 3.22. The van der Waals surface area contributed by atoms with Crippen molar-refractivity contribution < 1.29 is 5.11 Å². The smallest absolute Gasteiger partial charge is 0.128 e. The van der Waals surface area contributed by atoms with Crippen LogP contribution >= 0.6 is 0 Å². The predicted octanol–water partition coefficient (Wildman–Crippen LogP) is 1.60. The Kier molecular flexibility index (Phi) is 4.60. The zero-order valence-corrected chi connectivity index (χ0v) is 12.6. The van der Waals surface area contributed by atoms with Crippen molar-refractivity contribution in [1.29, 1.82) is 0 Å². The third-order valence-corrected chi connectivity index (χ3v) is 4.59.